The standard InChI is InChI=1S/C8H15NO4/c10-6-7(11)4-2-1-3-5-8(12)9-13/h6-7,11,13H,1-5H2,(H,9,12). The molecule has 0 aromatic carbocycles. The topological polar surface area (TPSA) is 86.6 Å². The molecule has 0 fully saturated rings. The quantitative estimate of drug-likeness (QED) is 0.228. The lowest BCUT2D eigenvalue weighted by Gasteiger charge is -2.01. The molecule has 1 amide bonds. The minimum absolute atomic E-state index is 0.272. The second kappa shape index (κ2) is 7.70. The van der Waals surface area contributed by atoms with Gasteiger partial charge >= 0.3 is 0 Å². The van der Waals surface area contributed by atoms with Crippen LogP contribution in [-0.4, -0.2) is 28.6 Å². The van der Waals surface area contributed by atoms with Crippen LogP contribution in [0.4, 0.5) is 0 Å². The van der Waals surface area contributed by atoms with Gasteiger partial charge in [0.2, 0.25) is 5.91 Å². The first-order valence-electron chi connectivity index (χ1n) is 4.27. The summed E-state index contributed by atoms with van der Waals surface area (Å²) in [6.45, 7) is 0. The van der Waals surface area contributed by atoms with Gasteiger partial charge < -0.3 is 9.90 Å². The molecule has 0 aliphatic rings. The van der Waals surface area contributed by atoms with Crippen molar-refractivity contribution in [1.82, 2.24) is 5.48 Å². The Morgan fingerprint density at radius 2 is 2.08 bits per heavy atom. The van der Waals surface area contributed by atoms with Crippen molar-refractivity contribution in [3.05, 3.63) is 0 Å². The zero-order valence-electron chi connectivity index (χ0n) is 7.40. The molecule has 0 aromatic rings. The third-order valence-corrected chi connectivity index (χ3v) is 1.69. The molecule has 0 saturated heterocycles. The average molecular weight is 189 g/mol. The minimum Gasteiger partial charge on any atom is -0.386 e. The fourth-order valence-electron chi connectivity index (χ4n) is 0.940. The third kappa shape index (κ3) is 7.42. The largest absolute Gasteiger partial charge is 0.386 e. The molecular formula is C8H15NO4. The van der Waals surface area contributed by atoms with Gasteiger partial charge in [-0.3, -0.25) is 10.0 Å². The van der Waals surface area contributed by atoms with Gasteiger partial charge in [0.15, 0.2) is 0 Å². The summed E-state index contributed by atoms with van der Waals surface area (Å²) in [5.74, 6) is -0.407. The van der Waals surface area contributed by atoms with Crippen molar-refractivity contribution in [1.29, 1.82) is 0 Å². The van der Waals surface area contributed by atoms with E-state index in [1.807, 2.05) is 0 Å². The first kappa shape index (κ1) is 12.1. The van der Waals surface area contributed by atoms with Crippen LogP contribution >= 0.6 is 0 Å². The summed E-state index contributed by atoms with van der Waals surface area (Å²) in [5, 5.41) is 17.0. The number of aliphatic hydroxyl groups excluding tert-OH is 1. The monoisotopic (exact) mass is 189 g/mol. The summed E-state index contributed by atoms with van der Waals surface area (Å²) in [7, 11) is 0. The first-order chi connectivity index (χ1) is 6.20. The summed E-state index contributed by atoms with van der Waals surface area (Å²) >= 11 is 0. The number of aldehydes is 1. The van der Waals surface area contributed by atoms with E-state index in [0.29, 0.717) is 25.5 Å². The lowest BCUT2D eigenvalue weighted by atomic mass is 10.1. The number of hydroxylamine groups is 1. The number of amides is 1. The number of carbonyl (C=O) groups is 2. The fourth-order valence-corrected chi connectivity index (χ4v) is 0.940. The highest BCUT2D eigenvalue weighted by atomic mass is 16.5. The maximum absolute atomic E-state index is 10.5. The molecule has 76 valence electrons. The van der Waals surface area contributed by atoms with E-state index < -0.39 is 12.0 Å². The zero-order chi connectivity index (χ0) is 10.1. The van der Waals surface area contributed by atoms with Crippen LogP contribution in [0.25, 0.3) is 0 Å². The maximum Gasteiger partial charge on any atom is 0.243 e. The summed E-state index contributed by atoms with van der Waals surface area (Å²) in [6.07, 6.45) is 2.44. The van der Waals surface area contributed by atoms with Crippen LogP contribution in [0.2, 0.25) is 0 Å². The molecule has 0 rings (SSSR count). The van der Waals surface area contributed by atoms with E-state index in [1.165, 1.54) is 5.48 Å². The molecule has 1 atom stereocenters. The van der Waals surface area contributed by atoms with Gasteiger partial charge in [0.25, 0.3) is 0 Å². The van der Waals surface area contributed by atoms with Crippen LogP contribution in [0.1, 0.15) is 32.1 Å². The number of nitrogens with one attached hydrogen (secondary N) is 1. The number of carbonyl (C=O) groups excluding carboxylic acids is 2. The Labute approximate surface area is 76.7 Å². The van der Waals surface area contributed by atoms with Crippen molar-refractivity contribution in [2.45, 2.75) is 38.2 Å². The molecule has 0 aliphatic carbocycles. The lowest BCUT2D eigenvalue weighted by Crippen LogP contribution is -2.17. The Kier molecular flexibility index (Phi) is 7.14. The Hall–Kier alpha value is -0.940. The van der Waals surface area contributed by atoms with Gasteiger partial charge in [-0.05, 0) is 12.8 Å². The second-order valence-corrected chi connectivity index (χ2v) is 2.84. The normalized spacial score (nSPS) is 12.2. The highest BCUT2D eigenvalue weighted by Gasteiger charge is 2.02. The Balaban J connectivity index is 3.17. The SMILES string of the molecule is O=CC(O)CCCCCC(=O)NO. The van der Waals surface area contributed by atoms with Gasteiger partial charge in [-0.25, -0.2) is 5.48 Å². The van der Waals surface area contributed by atoms with Crippen molar-refractivity contribution in [2.24, 2.45) is 0 Å². The predicted molar refractivity (Wildman–Crippen MR) is 45.1 cm³/mol. The molecular weight excluding hydrogens is 174 g/mol. The number of hydrogen-bond acceptors (Lipinski definition) is 4. The van der Waals surface area contributed by atoms with Gasteiger partial charge in [0.1, 0.15) is 12.4 Å². The fraction of sp³-hybridized carbons (Fsp3) is 0.750. The molecule has 0 radical (unpaired) electrons. The highest BCUT2D eigenvalue weighted by molar-refractivity contribution is 5.74. The zero-order valence-corrected chi connectivity index (χ0v) is 7.40. The van der Waals surface area contributed by atoms with Crippen LogP contribution < -0.4 is 5.48 Å². The van der Waals surface area contributed by atoms with E-state index in [0.717, 1.165) is 6.42 Å². The van der Waals surface area contributed by atoms with Crippen molar-refractivity contribution in [3.8, 4) is 0 Å². The van der Waals surface area contributed by atoms with Gasteiger partial charge in [-0.2, -0.15) is 0 Å². The number of unbranched alkanes of at least 4 members (excludes halogenated alkanes) is 2. The van der Waals surface area contributed by atoms with Crippen LogP contribution in [0, 0.1) is 0 Å². The van der Waals surface area contributed by atoms with Gasteiger partial charge in [-0.1, -0.05) is 12.8 Å². The van der Waals surface area contributed by atoms with E-state index in [2.05, 4.69) is 0 Å². The minimum atomic E-state index is -0.883. The van der Waals surface area contributed by atoms with Gasteiger partial charge in [-0.15, -0.1) is 0 Å². The Bertz CT molecular complexity index is 160. The molecule has 5 nitrogen and oxygen atoms in total. The Morgan fingerprint density at radius 1 is 1.38 bits per heavy atom. The molecule has 0 aliphatic heterocycles. The number of aliphatic hydroxyl groups is 1. The van der Waals surface area contributed by atoms with Gasteiger partial charge in [0.05, 0.1) is 0 Å². The molecule has 13 heavy (non-hydrogen) atoms. The average Bonchev–Trinajstić information content (AvgIpc) is 2.16. The molecule has 0 heterocycles. The van der Waals surface area contributed by atoms with Crippen molar-refractivity contribution < 1.29 is 19.9 Å². The molecule has 3 N–H and O–H groups in total. The van der Waals surface area contributed by atoms with Crippen LogP contribution in [0.5, 0.6) is 0 Å². The molecule has 0 spiro atoms. The molecule has 0 saturated carbocycles. The maximum atomic E-state index is 10.5. The Morgan fingerprint density at radius 3 is 2.62 bits per heavy atom. The summed E-state index contributed by atoms with van der Waals surface area (Å²) in [6, 6.07) is 0. The summed E-state index contributed by atoms with van der Waals surface area (Å²) in [5.41, 5.74) is 1.53. The summed E-state index contributed by atoms with van der Waals surface area (Å²) in [4.78, 5) is 20.5. The smallest absolute Gasteiger partial charge is 0.243 e. The molecule has 0 aromatic heterocycles. The molecule has 5 heteroatoms. The number of rotatable bonds is 7. The first-order valence-corrected chi connectivity index (χ1v) is 4.27. The number of hydrogen-bond donors (Lipinski definition) is 3. The van der Waals surface area contributed by atoms with E-state index in [1.54, 1.807) is 0 Å². The van der Waals surface area contributed by atoms with E-state index >= 15 is 0 Å². The predicted octanol–water partition coefficient (Wildman–Crippen LogP) is 0.00210. The van der Waals surface area contributed by atoms with Crippen LogP contribution in [-0.2, 0) is 9.59 Å². The van der Waals surface area contributed by atoms with E-state index in [4.69, 9.17) is 10.3 Å². The third-order valence-electron chi connectivity index (χ3n) is 1.69. The summed E-state index contributed by atoms with van der Waals surface area (Å²) < 4.78 is 0. The lowest BCUT2D eigenvalue weighted by molar-refractivity contribution is -0.129. The van der Waals surface area contributed by atoms with E-state index in [9.17, 15) is 9.59 Å². The van der Waals surface area contributed by atoms with Crippen molar-refractivity contribution in [3.63, 3.8) is 0 Å². The second-order valence-electron chi connectivity index (χ2n) is 2.84. The molecule has 1 unspecified atom stereocenters. The van der Waals surface area contributed by atoms with Crippen molar-refractivity contribution >= 4 is 12.2 Å². The molecule has 0 bridgehead atoms. The van der Waals surface area contributed by atoms with Crippen LogP contribution in [0.3, 0.4) is 0 Å². The van der Waals surface area contributed by atoms with E-state index in [-0.39, 0.29) is 6.42 Å². The highest BCUT2D eigenvalue weighted by Crippen LogP contribution is 2.04. The van der Waals surface area contributed by atoms with Crippen LogP contribution in [0.15, 0.2) is 0 Å². The van der Waals surface area contributed by atoms with Crippen molar-refractivity contribution in [2.75, 3.05) is 0 Å². The van der Waals surface area contributed by atoms with Gasteiger partial charge in [0, 0.05) is 6.42 Å².